The fourth-order valence-corrected chi connectivity index (χ4v) is 3.69. The van der Waals surface area contributed by atoms with E-state index in [4.69, 9.17) is 16.1 Å². The number of hydrogen-bond acceptors (Lipinski definition) is 5. The number of pyridine rings is 1. The summed E-state index contributed by atoms with van der Waals surface area (Å²) in [5.74, 6) is -0.131. The van der Waals surface area contributed by atoms with Crippen LogP contribution in [0.25, 0.3) is 11.4 Å². The highest BCUT2D eigenvalue weighted by molar-refractivity contribution is 6.31. The average molecular weight is 401 g/mol. The molecule has 1 amide bonds. The van der Waals surface area contributed by atoms with E-state index in [1.165, 1.54) is 18.2 Å². The minimum Gasteiger partial charge on any atom is -0.338 e. The molecule has 1 aliphatic rings. The van der Waals surface area contributed by atoms with Crippen LogP contribution >= 0.6 is 11.6 Å². The topological polar surface area (TPSA) is 80.9 Å². The van der Waals surface area contributed by atoms with Gasteiger partial charge in [0.25, 0.3) is 11.8 Å². The Morgan fingerprint density at radius 1 is 1.21 bits per heavy atom. The first kappa shape index (κ1) is 18.6. The zero-order chi connectivity index (χ0) is 19.6. The lowest BCUT2D eigenvalue weighted by Crippen LogP contribution is -2.47. The lowest BCUT2D eigenvalue weighted by molar-refractivity contribution is 0.0824. The Kier molecular flexibility index (Phi) is 5.09. The van der Waals surface area contributed by atoms with Crippen molar-refractivity contribution in [3.63, 3.8) is 0 Å². The van der Waals surface area contributed by atoms with Crippen molar-refractivity contribution in [3.05, 3.63) is 65.0 Å². The van der Waals surface area contributed by atoms with E-state index in [2.05, 4.69) is 20.4 Å². The first-order chi connectivity index (χ1) is 13.6. The van der Waals surface area contributed by atoms with Gasteiger partial charge in [-0.1, -0.05) is 36.0 Å². The molecule has 4 rings (SSSR count). The van der Waals surface area contributed by atoms with Gasteiger partial charge in [-0.05, 0) is 43.2 Å². The maximum atomic E-state index is 13.4. The maximum Gasteiger partial charge on any atom is 0.252 e. The van der Waals surface area contributed by atoms with E-state index in [0.29, 0.717) is 24.6 Å². The van der Waals surface area contributed by atoms with E-state index in [1.807, 2.05) is 6.07 Å². The molecule has 28 heavy (non-hydrogen) atoms. The molecule has 0 saturated heterocycles. The summed E-state index contributed by atoms with van der Waals surface area (Å²) in [7, 11) is 0. The molecule has 2 heterocycles. The van der Waals surface area contributed by atoms with Crippen molar-refractivity contribution in [2.45, 2.75) is 37.6 Å². The predicted octanol–water partition coefficient (Wildman–Crippen LogP) is 4.51. The van der Waals surface area contributed by atoms with Gasteiger partial charge >= 0.3 is 0 Å². The van der Waals surface area contributed by atoms with Crippen LogP contribution in [0.5, 0.6) is 0 Å². The zero-order valence-electron chi connectivity index (χ0n) is 15.0. The summed E-state index contributed by atoms with van der Waals surface area (Å²) in [6.07, 6.45) is 7.61. The minimum atomic E-state index is -0.760. The fraction of sp³-hybridized carbons (Fsp3) is 0.300. The van der Waals surface area contributed by atoms with E-state index in [1.54, 1.807) is 18.5 Å². The molecule has 1 saturated carbocycles. The number of hydrogen-bond donors (Lipinski definition) is 1. The normalized spacial score (nSPS) is 15.9. The van der Waals surface area contributed by atoms with Gasteiger partial charge in [0.2, 0.25) is 5.82 Å². The first-order valence-corrected chi connectivity index (χ1v) is 9.47. The number of carbonyl (C=O) groups excluding carboxylic acids is 1. The van der Waals surface area contributed by atoms with E-state index >= 15 is 0 Å². The summed E-state index contributed by atoms with van der Waals surface area (Å²) < 4.78 is 19.0. The highest BCUT2D eigenvalue weighted by Crippen LogP contribution is 2.37. The third-order valence-corrected chi connectivity index (χ3v) is 5.29. The minimum absolute atomic E-state index is 0.0954. The van der Waals surface area contributed by atoms with Crippen molar-refractivity contribution in [3.8, 4) is 11.4 Å². The van der Waals surface area contributed by atoms with Gasteiger partial charge in [0.1, 0.15) is 11.4 Å². The van der Waals surface area contributed by atoms with Gasteiger partial charge < -0.3 is 9.84 Å². The van der Waals surface area contributed by atoms with Gasteiger partial charge in [0.15, 0.2) is 0 Å². The molecule has 0 bridgehead atoms. The smallest absolute Gasteiger partial charge is 0.252 e. The highest BCUT2D eigenvalue weighted by Gasteiger charge is 2.41. The second-order valence-electron chi connectivity index (χ2n) is 6.89. The third-order valence-electron chi connectivity index (χ3n) is 5.00. The molecule has 0 unspecified atom stereocenters. The SMILES string of the molecule is O=C(NC1(c2nc(-c3cccnc3)no2)CCCCC1)c1ccc(F)c(Cl)c1. The fourth-order valence-electron chi connectivity index (χ4n) is 3.50. The Labute approximate surface area is 166 Å². The summed E-state index contributed by atoms with van der Waals surface area (Å²) in [5, 5.41) is 7.01. The Bertz CT molecular complexity index is 987. The van der Waals surface area contributed by atoms with Crippen molar-refractivity contribution in [2.24, 2.45) is 0 Å². The number of aromatic nitrogens is 3. The summed E-state index contributed by atoms with van der Waals surface area (Å²) in [6.45, 7) is 0. The molecule has 2 aromatic heterocycles. The summed E-state index contributed by atoms with van der Waals surface area (Å²) >= 11 is 5.82. The van der Waals surface area contributed by atoms with E-state index in [9.17, 15) is 9.18 Å². The molecule has 0 aliphatic heterocycles. The first-order valence-electron chi connectivity index (χ1n) is 9.10. The van der Waals surface area contributed by atoms with Crippen molar-refractivity contribution < 1.29 is 13.7 Å². The number of nitrogens with zero attached hydrogens (tertiary/aromatic N) is 3. The van der Waals surface area contributed by atoms with Crippen LogP contribution in [0.1, 0.15) is 48.4 Å². The van der Waals surface area contributed by atoms with Crippen LogP contribution in [0.15, 0.2) is 47.2 Å². The molecule has 1 aromatic carbocycles. The molecule has 1 fully saturated rings. The van der Waals surface area contributed by atoms with Crippen LogP contribution < -0.4 is 5.32 Å². The monoisotopic (exact) mass is 400 g/mol. The second kappa shape index (κ2) is 7.67. The van der Waals surface area contributed by atoms with Gasteiger partial charge in [0.05, 0.1) is 5.02 Å². The van der Waals surface area contributed by atoms with E-state index < -0.39 is 11.4 Å². The number of nitrogens with one attached hydrogen (secondary N) is 1. The Balaban J connectivity index is 1.64. The van der Waals surface area contributed by atoms with Crippen LogP contribution in [0.3, 0.4) is 0 Å². The van der Waals surface area contributed by atoms with E-state index in [0.717, 1.165) is 24.8 Å². The van der Waals surface area contributed by atoms with Gasteiger partial charge in [0, 0.05) is 23.5 Å². The number of rotatable bonds is 4. The van der Waals surface area contributed by atoms with Crippen molar-refractivity contribution >= 4 is 17.5 Å². The van der Waals surface area contributed by atoms with Crippen LogP contribution in [-0.2, 0) is 5.54 Å². The summed E-state index contributed by atoms with van der Waals surface area (Å²) in [5.41, 5.74) is 0.257. The molecule has 3 aromatic rings. The second-order valence-corrected chi connectivity index (χ2v) is 7.30. The van der Waals surface area contributed by atoms with Gasteiger partial charge in [-0.15, -0.1) is 0 Å². The number of amides is 1. The average Bonchev–Trinajstić information content (AvgIpc) is 3.22. The van der Waals surface area contributed by atoms with Crippen molar-refractivity contribution in [2.75, 3.05) is 0 Å². The third kappa shape index (κ3) is 3.62. The molecule has 0 spiro atoms. The zero-order valence-corrected chi connectivity index (χ0v) is 15.7. The maximum absolute atomic E-state index is 13.4. The Morgan fingerprint density at radius 3 is 2.75 bits per heavy atom. The number of halogens is 2. The highest BCUT2D eigenvalue weighted by atomic mass is 35.5. The van der Waals surface area contributed by atoms with E-state index in [-0.39, 0.29) is 16.5 Å². The molecule has 1 N–H and O–H groups in total. The summed E-state index contributed by atoms with van der Waals surface area (Å²) in [4.78, 5) is 21.4. The molecule has 0 radical (unpaired) electrons. The lowest BCUT2D eigenvalue weighted by atomic mass is 9.81. The quantitative estimate of drug-likeness (QED) is 0.696. The molecule has 0 atom stereocenters. The molecular weight excluding hydrogens is 383 g/mol. The largest absolute Gasteiger partial charge is 0.338 e. The van der Waals surface area contributed by atoms with Gasteiger partial charge in [-0.25, -0.2) is 4.39 Å². The van der Waals surface area contributed by atoms with Crippen LogP contribution in [-0.4, -0.2) is 21.0 Å². The number of carbonyl (C=O) groups is 1. The predicted molar refractivity (Wildman–Crippen MR) is 101 cm³/mol. The summed E-state index contributed by atoms with van der Waals surface area (Å²) in [6, 6.07) is 7.54. The standard InChI is InChI=1S/C20H18ClFN4O2/c21-15-11-13(6-7-16(15)22)18(27)25-20(8-2-1-3-9-20)19-24-17(26-28-19)14-5-4-10-23-12-14/h4-7,10-12H,1-3,8-9H2,(H,25,27). The molecule has 144 valence electrons. The van der Waals surface area contributed by atoms with Gasteiger partial charge in [-0.3, -0.25) is 9.78 Å². The molecule has 6 nitrogen and oxygen atoms in total. The Hall–Kier alpha value is -2.80. The van der Waals surface area contributed by atoms with Crippen LogP contribution in [0.2, 0.25) is 5.02 Å². The number of benzene rings is 1. The lowest BCUT2D eigenvalue weighted by Gasteiger charge is -2.34. The van der Waals surface area contributed by atoms with Gasteiger partial charge in [-0.2, -0.15) is 4.98 Å². The van der Waals surface area contributed by atoms with Crippen LogP contribution in [0.4, 0.5) is 4.39 Å². The van der Waals surface area contributed by atoms with Crippen molar-refractivity contribution in [1.29, 1.82) is 0 Å². The Morgan fingerprint density at radius 2 is 2.04 bits per heavy atom. The van der Waals surface area contributed by atoms with Crippen LogP contribution in [0, 0.1) is 5.82 Å². The molecular formula is C20H18ClFN4O2. The van der Waals surface area contributed by atoms with Crippen molar-refractivity contribution in [1.82, 2.24) is 20.4 Å². The molecule has 8 heteroatoms. The molecule has 1 aliphatic carbocycles.